The van der Waals surface area contributed by atoms with Crippen LogP contribution in [0.15, 0.2) is 24.3 Å². The molecule has 3 unspecified atom stereocenters. The van der Waals surface area contributed by atoms with Gasteiger partial charge in [0.2, 0.25) is 0 Å². The molecule has 108 valence electrons. The second-order valence-electron chi connectivity index (χ2n) is 6.28. The summed E-state index contributed by atoms with van der Waals surface area (Å²) in [5.74, 6) is -0.440. The fourth-order valence-corrected chi connectivity index (χ4v) is 4.29. The first-order valence-electron chi connectivity index (χ1n) is 7.44. The van der Waals surface area contributed by atoms with Crippen molar-refractivity contribution in [3.63, 3.8) is 0 Å². The molecule has 0 spiro atoms. The van der Waals surface area contributed by atoms with Crippen molar-refractivity contribution in [1.29, 1.82) is 0 Å². The van der Waals surface area contributed by atoms with Crippen LogP contribution in [0.25, 0.3) is 0 Å². The first-order chi connectivity index (χ1) is 9.57. The third kappa shape index (κ3) is 1.87. The van der Waals surface area contributed by atoms with E-state index in [4.69, 9.17) is 4.74 Å². The number of rotatable bonds is 2. The zero-order valence-corrected chi connectivity index (χ0v) is 12.1. The zero-order chi connectivity index (χ0) is 14.3. The summed E-state index contributed by atoms with van der Waals surface area (Å²) in [6.07, 6.45) is 3.72. The lowest BCUT2D eigenvalue weighted by Crippen LogP contribution is -2.49. The number of aliphatic hydroxyl groups is 1. The minimum atomic E-state index is -0.924. The molecule has 20 heavy (non-hydrogen) atoms. The first-order valence-corrected chi connectivity index (χ1v) is 7.44. The topological polar surface area (TPSA) is 46.5 Å². The molecule has 2 aliphatic carbocycles. The predicted octanol–water partition coefficient (Wildman–Crippen LogP) is 2.35. The van der Waals surface area contributed by atoms with Gasteiger partial charge in [0.05, 0.1) is 18.6 Å². The van der Waals surface area contributed by atoms with Crippen LogP contribution in [0.2, 0.25) is 0 Å². The van der Waals surface area contributed by atoms with E-state index in [1.54, 1.807) is 0 Å². The number of ether oxygens (including phenoxy) is 1. The maximum Gasteiger partial charge on any atom is 0.311 e. The second kappa shape index (κ2) is 4.88. The zero-order valence-electron chi connectivity index (χ0n) is 12.1. The molecule has 2 aliphatic rings. The van der Waals surface area contributed by atoms with E-state index in [0.717, 1.165) is 25.7 Å². The number of esters is 1. The molecule has 0 saturated heterocycles. The van der Waals surface area contributed by atoms with Gasteiger partial charge in [-0.3, -0.25) is 4.79 Å². The van der Waals surface area contributed by atoms with E-state index >= 15 is 0 Å². The number of carbonyl (C=O) groups is 1. The molecule has 0 radical (unpaired) electrons. The Labute approximate surface area is 120 Å². The second-order valence-corrected chi connectivity index (χ2v) is 6.28. The van der Waals surface area contributed by atoms with Crippen molar-refractivity contribution in [2.45, 2.75) is 38.2 Å². The van der Waals surface area contributed by atoms with Gasteiger partial charge in [-0.05, 0) is 55.6 Å². The molecule has 1 aromatic carbocycles. The fraction of sp³-hybridized carbons (Fsp3) is 0.588. The molecule has 1 aromatic rings. The van der Waals surface area contributed by atoms with Gasteiger partial charge in [-0.2, -0.15) is 0 Å². The monoisotopic (exact) mass is 274 g/mol. The van der Waals surface area contributed by atoms with Crippen molar-refractivity contribution in [1.82, 2.24) is 0 Å². The maximum absolute atomic E-state index is 11.9. The minimum Gasteiger partial charge on any atom is -0.469 e. The molecule has 3 nitrogen and oxygen atoms in total. The van der Waals surface area contributed by atoms with E-state index in [2.05, 4.69) is 24.3 Å². The lowest BCUT2D eigenvalue weighted by Gasteiger charge is -2.37. The highest BCUT2D eigenvalue weighted by molar-refractivity contribution is 5.73. The molecule has 1 N–H and O–H groups in total. The Bertz CT molecular complexity index is 490. The largest absolute Gasteiger partial charge is 0.469 e. The number of methoxy groups -OCH3 is 1. The van der Waals surface area contributed by atoms with Crippen LogP contribution in [0.1, 0.15) is 30.9 Å². The summed E-state index contributed by atoms with van der Waals surface area (Å²) in [6, 6.07) is 8.42. The minimum absolute atomic E-state index is 0.158. The van der Waals surface area contributed by atoms with Crippen LogP contribution in [-0.2, 0) is 22.4 Å². The van der Waals surface area contributed by atoms with Crippen LogP contribution in [0, 0.1) is 17.8 Å². The van der Waals surface area contributed by atoms with Gasteiger partial charge in [-0.25, -0.2) is 0 Å². The van der Waals surface area contributed by atoms with Crippen LogP contribution in [-0.4, -0.2) is 23.8 Å². The number of hydrogen-bond donors (Lipinski definition) is 1. The molecule has 3 atom stereocenters. The van der Waals surface area contributed by atoms with Crippen molar-refractivity contribution < 1.29 is 14.6 Å². The van der Waals surface area contributed by atoms with Gasteiger partial charge in [0, 0.05) is 0 Å². The van der Waals surface area contributed by atoms with Crippen LogP contribution < -0.4 is 0 Å². The standard InChI is InChI=1S/C17H22O3/c1-11(16(18)20-2)17(19)14-7-8-15(17)10-13-6-4-3-5-12(13)9-14/h3-6,11,14-15,19H,7-10H2,1-2H3. The SMILES string of the molecule is COC(=O)C(C)C1(O)C2CCC1Cc1ccccc1C2. The Balaban J connectivity index is 1.98. The van der Waals surface area contributed by atoms with Crippen LogP contribution in [0.5, 0.6) is 0 Å². The van der Waals surface area contributed by atoms with Crippen LogP contribution >= 0.6 is 0 Å². The Morgan fingerprint density at radius 2 is 1.75 bits per heavy atom. The molecule has 3 rings (SSSR count). The summed E-state index contributed by atoms with van der Waals surface area (Å²) in [6.45, 7) is 1.81. The highest BCUT2D eigenvalue weighted by Gasteiger charge is 2.55. The van der Waals surface area contributed by atoms with Crippen molar-refractivity contribution in [3.8, 4) is 0 Å². The van der Waals surface area contributed by atoms with Gasteiger partial charge in [-0.1, -0.05) is 24.3 Å². The lowest BCUT2D eigenvalue weighted by molar-refractivity contribution is -0.161. The molecular formula is C17H22O3. The quantitative estimate of drug-likeness (QED) is 0.842. The number of hydrogen-bond acceptors (Lipinski definition) is 3. The Morgan fingerprint density at radius 1 is 1.25 bits per heavy atom. The molecule has 0 aliphatic heterocycles. The number of carbonyl (C=O) groups excluding carboxylic acids is 1. The average Bonchev–Trinajstić information content (AvgIpc) is 2.68. The van der Waals surface area contributed by atoms with E-state index in [1.807, 2.05) is 6.92 Å². The molecule has 0 heterocycles. The Kier molecular flexibility index (Phi) is 3.33. The summed E-state index contributed by atoms with van der Waals surface area (Å²) in [7, 11) is 1.40. The normalized spacial score (nSPS) is 33.1. The van der Waals surface area contributed by atoms with Gasteiger partial charge in [0.1, 0.15) is 0 Å². The summed E-state index contributed by atoms with van der Waals surface area (Å²) < 4.78 is 4.87. The van der Waals surface area contributed by atoms with E-state index in [-0.39, 0.29) is 17.8 Å². The number of benzene rings is 1. The van der Waals surface area contributed by atoms with Crippen molar-refractivity contribution >= 4 is 5.97 Å². The first kappa shape index (κ1) is 13.6. The third-order valence-corrected chi connectivity index (χ3v) is 5.47. The Morgan fingerprint density at radius 3 is 2.20 bits per heavy atom. The number of fused-ring (bicyclic) bond motifs is 3. The highest BCUT2D eigenvalue weighted by atomic mass is 16.5. The van der Waals surface area contributed by atoms with Gasteiger partial charge in [-0.15, -0.1) is 0 Å². The van der Waals surface area contributed by atoms with Crippen LogP contribution in [0.4, 0.5) is 0 Å². The summed E-state index contributed by atoms with van der Waals surface area (Å²) in [5, 5.41) is 11.3. The van der Waals surface area contributed by atoms with Gasteiger partial charge >= 0.3 is 5.97 Å². The average molecular weight is 274 g/mol. The predicted molar refractivity (Wildman–Crippen MR) is 76.2 cm³/mol. The van der Waals surface area contributed by atoms with Gasteiger partial charge in [0.15, 0.2) is 0 Å². The molecule has 0 aromatic heterocycles. The molecule has 1 saturated carbocycles. The van der Waals surface area contributed by atoms with Crippen molar-refractivity contribution in [3.05, 3.63) is 35.4 Å². The van der Waals surface area contributed by atoms with E-state index in [0.29, 0.717) is 0 Å². The molecular weight excluding hydrogens is 252 g/mol. The fourth-order valence-electron chi connectivity index (χ4n) is 4.29. The third-order valence-electron chi connectivity index (χ3n) is 5.47. The summed E-state index contributed by atoms with van der Waals surface area (Å²) >= 11 is 0. The molecule has 0 amide bonds. The molecule has 2 bridgehead atoms. The smallest absolute Gasteiger partial charge is 0.311 e. The summed E-state index contributed by atoms with van der Waals surface area (Å²) in [4.78, 5) is 11.9. The van der Waals surface area contributed by atoms with Gasteiger partial charge < -0.3 is 9.84 Å². The van der Waals surface area contributed by atoms with E-state index in [9.17, 15) is 9.90 Å². The van der Waals surface area contributed by atoms with Crippen LogP contribution in [0.3, 0.4) is 0 Å². The van der Waals surface area contributed by atoms with E-state index < -0.39 is 11.5 Å². The van der Waals surface area contributed by atoms with Crippen molar-refractivity contribution in [2.24, 2.45) is 17.8 Å². The molecule has 3 heteroatoms. The Hall–Kier alpha value is -1.35. The van der Waals surface area contributed by atoms with Crippen molar-refractivity contribution in [2.75, 3.05) is 7.11 Å². The van der Waals surface area contributed by atoms with E-state index in [1.165, 1.54) is 18.2 Å². The maximum atomic E-state index is 11.9. The molecule has 1 fully saturated rings. The lowest BCUT2D eigenvalue weighted by atomic mass is 9.73. The van der Waals surface area contributed by atoms with Gasteiger partial charge in [0.25, 0.3) is 0 Å². The summed E-state index contributed by atoms with van der Waals surface area (Å²) in [5.41, 5.74) is 1.73. The highest BCUT2D eigenvalue weighted by Crippen LogP contribution is 2.50.